The number of amides is 1. The van der Waals surface area contributed by atoms with Gasteiger partial charge in [-0.1, -0.05) is 41.9 Å². The number of benzene rings is 2. The lowest BCUT2D eigenvalue weighted by Crippen LogP contribution is -2.36. The number of halogens is 1. The van der Waals surface area contributed by atoms with E-state index in [0.29, 0.717) is 5.02 Å². The van der Waals surface area contributed by atoms with E-state index in [-0.39, 0.29) is 19.0 Å². The number of H-pyrrole nitrogens is 1. The van der Waals surface area contributed by atoms with E-state index in [1.807, 2.05) is 48.7 Å². The van der Waals surface area contributed by atoms with Gasteiger partial charge in [-0.2, -0.15) is 5.10 Å². The molecule has 0 aliphatic rings. The minimum atomic E-state index is -0.454. The van der Waals surface area contributed by atoms with Crippen LogP contribution in [0, 0.1) is 0 Å². The summed E-state index contributed by atoms with van der Waals surface area (Å²) in [6.45, 7) is -0.00996. The van der Waals surface area contributed by atoms with E-state index in [1.165, 1.54) is 4.90 Å². The van der Waals surface area contributed by atoms with Crippen LogP contribution < -0.4 is 11.1 Å². The first-order chi connectivity index (χ1) is 15.4. The number of nitrogens with zero attached hydrogens (tertiary/aromatic N) is 4. The summed E-state index contributed by atoms with van der Waals surface area (Å²) in [6, 6.07) is 19.2. The molecule has 2 aromatic heterocycles. The Morgan fingerprint density at radius 3 is 2.47 bits per heavy atom. The van der Waals surface area contributed by atoms with E-state index < -0.39 is 11.1 Å². The average molecular weight is 450 g/mol. The number of hydrogen-bond acceptors (Lipinski definition) is 4. The molecule has 1 N–H and O–H groups in total. The van der Waals surface area contributed by atoms with Crippen LogP contribution in [-0.2, 0) is 17.9 Å². The molecule has 0 saturated heterocycles. The van der Waals surface area contributed by atoms with Gasteiger partial charge in [-0.25, -0.2) is 9.36 Å². The molecule has 0 bridgehead atoms. The third kappa shape index (κ3) is 4.70. The van der Waals surface area contributed by atoms with Gasteiger partial charge in [0.25, 0.3) is 11.1 Å². The molecule has 0 fully saturated rings. The van der Waals surface area contributed by atoms with Crippen LogP contribution in [0.1, 0.15) is 5.56 Å². The fourth-order valence-electron chi connectivity index (χ4n) is 3.27. The molecule has 0 unspecified atom stereocenters. The minimum Gasteiger partial charge on any atom is -0.340 e. The van der Waals surface area contributed by atoms with Crippen molar-refractivity contribution in [2.24, 2.45) is 0 Å². The Labute approximate surface area is 188 Å². The molecule has 0 aliphatic carbocycles. The topological polar surface area (TPSA) is 93.0 Å². The molecule has 4 aromatic rings. The molecular weight excluding hydrogens is 430 g/mol. The first-order valence-electron chi connectivity index (χ1n) is 9.85. The van der Waals surface area contributed by atoms with Crippen LogP contribution in [0.2, 0.25) is 5.02 Å². The van der Waals surface area contributed by atoms with Gasteiger partial charge >= 0.3 is 0 Å². The van der Waals surface area contributed by atoms with Crippen molar-refractivity contribution in [2.75, 3.05) is 7.05 Å². The zero-order chi connectivity index (χ0) is 22.7. The van der Waals surface area contributed by atoms with Gasteiger partial charge in [0.05, 0.1) is 11.4 Å². The third-order valence-electron chi connectivity index (χ3n) is 4.94. The number of nitrogens with one attached hydrogen (secondary N) is 1. The van der Waals surface area contributed by atoms with E-state index in [2.05, 4.69) is 5.10 Å². The smallest absolute Gasteiger partial charge is 0.265 e. The van der Waals surface area contributed by atoms with Crippen LogP contribution in [-0.4, -0.2) is 37.4 Å². The Kier molecular flexibility index (Phi) is 6.04. The van der Waals surface area contributed by atoms with Gasteiger partial charge in [0.15, 0.2) is 0 Å². The summed E-state index contributed by atoms with van der Waals surface area (Å²) >= 11 is 6.04. The maximum absolute atomic E-state index is 12.7. The van der Waals surface area contributed by atoms with Gasteiger partial charge in [0.2, 0.25) is 5.91 Å². The molecule has 0 aliphatic heterocycles. The normalized spacial score (nSPS) is 10.8. The Morgan fingerprint density at radius 2 is 1.75 bits per heavy atom. The first-order valence-corrected chi connectivity index (χ1v) is 10.2. The van der Waals surface area contributed by atoms with Crippen LogP contribution in [0.4, 0.5) is 0 Å². The second-order valence-electron chi connectivity index (χ2n) is 7.27. The maximum atomic E-state index is 12.7. The van der Waals surface area contributed by atoms with Gasteiger partial charge in [-0.05, 0) is 24.3 Å². The van der Waals surface area contributed by atoms with E-state index >= 15 is 0 Å². The monoisotopic (exact) mass is 449 g/mol. The van der Waals surface area contributed by atoms with Gasteiger partial charge in [0, 0.05) is 48.1 Å². The van der Waals surface area contributed by atoms with Gasteiger partial charge in [0.1, 0.15) is 6.54 Å². The van der Waals surface area contributed by atoms with Gasteiger partial charge in [-0.3, -0.25) is 19.5 Å². The van der Waals surface area contributed by atoms with Crippen molar-refractivity contribution in [3.05, 3.63) is 104 Å². The molecule has 32 heavy (non-hydrogen) atoms. The van der Waals surface area contributed by atoms with Crippen molar-refractivity contribution in [3.63, 3.8) is 0 Å². The standard InChI is InChI=1S/C23H20ClN5O3/c1-27(22(32)15-29-21(31)12-11-20(30)25-29)13-17-14-28(19-5-3-2-4-6-19)26-23(17)16-7-9-18(24)10-8-16/h2-12,14H,13,15H2,1H3,(H,25,30). The molecule has 2 heterocycles. The molecule has 9 heteroatoms. The van der Waals surface area contributed by atoms with E-state index in [9.17, 15) is 14.4 Å². The number of rotatable bonds is 6. The summed E-state index contributed by atoms with van der Waals surface area (Å²) in [7, 11) is 1.64. The quantitative estimate of drug-likeness (QED) is 0.489. The number of hydrogen-bond donors (Lipinski definition) is 1. The molecule has 0 spiro atoms. The number of carbonyl (C=O) groups excluding carboxylic acids is 1. The van der Waals surface area contributed by atoms with Crippen molar-refractivity contribution in [1.29, 1.82) is 0 Å². The molecule has 0 saturated carbocycles. The summed E-state index contributed by atoms with van der Waals surface area (Å²) in [5, 5.41) is 7.72. The molecule has 8 nitrogen and oxygen atoms in total. The Balaban J connectivity index is 1.64. The highest BCUT2D eigenvalue weighted by molar-refractivity contribution is 6.30. The molecule has 2 aromatic carbocycles. The second-order valence-corrected chi connectivity index (χ2v) is 7.71. The Hall–Kier alpha value is -3.91. The SMILES string of the molecule is CN(Cc1cn(-c2ccccc2)nc1-c1ccc(Cl)cc1)C(=O)Cn1[nH]c(=O)ccc1=O. The summed E-state index contributed by atoms with van der Waals surface area (Å²) < 4.78 is 2.76. The average Bonchev–Trinajstić information content (AvgIpc) is 3.21. The van der Waals surface area contributed by atoms with Gasteiger partial charge in [-0.15, -0.1) is 0 Å². The zero-order valence-electron chi connectivity index (χ0n) is 17.2. The van der Waals surface area contributed by atoms with E-state index in [1.54, 1.807) is 23.9 Å². The van der Waals surface area contributed by atoms with Crippen LogP contribution in [0.15, 0.2) is 82.5 Å². The number of aromatic nitrogens is 4. The molecule has 1 amide bonds. The van der Waals surface area contributed by atoms with Crippen molar-refractivity contribution in [1.82, 2.24) is 24.5 Å². The van der Waals surface area contributed by atoms with Crippen LogP contribution in [0.25, 0.3) is 16.9 Å². The Morgan fingerprint density at radius 1 is 1.03 bits per heavy atom. The number of aromatic amines is 1. The van der Waals surface area contributed by atoms with Crippen molar-refractivity contribution < 1.29 is 4.79 Å². The lowest BCUT2D eigenvalue weighted by atomic mass is 10.1. The molecular formula is C23H20ClN5O3. The molecule has 0 radical (unpaired) electrons. The lowest BCUT2D eigenvalue weighted by Gasteiger charge is -2.17. The van der Waals surface area contributed by atoms with Crippen LogP contribution in [0.3, 0.4) is 0 Å². The van der Waals surface area contributed by atoms with Crippen molar-refractivity contribution in [3.8, 4) is 16.9 Å². The lowest BCUT2D eigenvalue weighted by molar-refractivity contribution is -0.131. The van der Waals surface area contributed by atoms with Gasteiger partial charge < -0.3 is 4.90 Å². The fraction of sp³-hybridized carbons (Fsp3) is 0.130. The first kappa shape index (κ1) is 21.3. The zero-order valence-corrected chi connectivity index (χ0v) is 18.0. The summed E-state index contributed by atoms with van der Waals surface area (Å²) in [4.78, 5) is 37.6. The molecule has 4 rings (SSSR count). The van der Waals surface area contributed by atoms with E-state index in [0.717, 1.165) is 39.3 Å². The summed E-state index contributed by atoms with van der Waals surface area (Å²) in [5.41, 5.74) is 2.38. The predicted molar refractivity (Wildman–Crippen MR) is 122 cm³/mol. The number of likely N-dealkylation sites (N-methyl/N-ethyl adjacent to an activating group) is 1. The number of para-hydroxylation sites is 1. The van der Waals surface area contributed by atoms with Crippen molar-refractivity contribution in [2.45, 2.75) is 13.1 Å². The van der Waals surface area contributed by atoms with Crippen LogP contribution >= 0.6 is 11.6 Å². The minimum absolute atomic E-state index is 0.259. The largest absolute Gasteiger partial charge is 0.340 e. The molecule has 162 valence electrons. The van der Waals surface area contributed by atoms with E-state index in [4.69, 9.17) is 16.7 Å². The van der Waals surface area contributed by atoms with Crippen LogP contribution in [0.5, 0.6) is 0 Å². The molecule has 0 atom stereocenters. The summed E-state index contributed by atoms with van der Waals surface area (Å²) in [6.07, 6.45) is 1.87. The Bertz CT molecular complexity index is 1360. The highest BCUT2D eigenvalue weighted by Crippen LogP contribution is 2.26. The third-order valence-corrected chi connectivity index (χ3v) is 5.20. The predicted octanol–water partition coefficient (Wildman–Crippen LogP) is 2.70. The maximum Gasteiger partial charge on any atom is 0.265 e. The van der Waals surface area contributed by atoms with Crippen molar-refractivity contribution >= 4 is 17.5 Å². The highest BCUT2D eigenvalue weighted by atomic mass is 35.5. The summed E-state index contributed by atoms with van der Waals surface area (Å²) in [5.74, 6) is -0.330. The number of carbonyl (C=O) groups is 1. The fourth-order valence-corrected chi connectivity index (χ4v) is 3.39. The highest BCUT2D eigenvalue weighted by Gasteiger charge is 2.17. The second kappa shape index (κ2) is 9.07.